The molecule has 0 bridgehead atoms. The van der Waals surface area contributed by atoms with Gasteiger partial charge in [0.15, 0.2) is 0 Å². The van der Waals surface area contributed by atoms with Crippen LogP contribution in [0.15, 0.2) is 58.3 Å². The number of nitrogens with one attached hydrogen (secondary N) is 1. The van der Waals surface area contributed by atoms with E-state index in [-0.39, 0.29) is 10.8 Å². The molecule has 1 saturated heterocycles. The zero-order chi connectivity index (χ0) is 20.7. The quantitative estimate of drug-likeness (QED) is 0.485. The minimum Gasteiger partial charge on any atom is -0.492 e. The lowest BCUT2D eigenvalue weighted by molar-refractivity contribution is -0.118. The molecular weight excluding hydrogens is 408 g/mol. The SMILES string of the molecule is Cc1ccc(SCC(=O)NCCOc2ccc(S(=O)(=O)N3CCCC3)cc2)cc1. The molecule has 6 nitrogen and oxygen atoms in total. The van der Waals surface area contributed by atoms with Crippen molar-refractivity contribution in [3.05, 3.63) is 54.1 Å². The number of thioether (sulfide) groups is 1. The van der Waals surface area contributed by atoms with Crippen molar-refractivity contribution in [2.24, 2.45) is 0 Å². The van der Waals surface area contributed by atoms with Crippen LogP contribution in [-0.4, -0.2) is 50.6 Å². The molecule has 8 heteroatoms. The van der Waals surface area contributed by atoms with E-state index >= 15 is 0 Å². The van der Waals surface area contributed by atoms with Gasteiger partial charge in [0, 0.05) is 18.0 Å². The molecular formula is C21H26N2O4S2. The molecule has 3 rings (SSSR count). The average molecular weight is 435 g/mol. The van der Waals surface area contributed by atoms with Gasteiger partial charge in [-0.25, -0.2) is 8.42 Å². The first kappa shape index (κ1) is 21.7. The van der Waals surface area contributed by atoms with Crippen LogP contribution in [0.1, 0.15) is 18.4 Å². The van der Waals surface area contributed by atoms with E-state index in [9.17, 15) is 13.2 Å². The summed E-state index contributed by atoms with van der Waals surface area (Å²) in [6.45, 7) is 3.91. The van der Waals surface area contributed by atoms with Gasteiger partial charge in [-0.15, -0.1) is 11.8 Å². The fourth-order valence-corrected chi connectivity index (χ4v) is 5.22. The Morgan fingerprint density at radius 1 is 1.07 bits per heavy atom. The van der Waals surface area contributed by atoms with Gasteiger partial charge < -0.3 is 10.1 Å². The second-order valence-electron chi connectivity index (χ2n) is 6.88. The van der Waals surface area contributed by atoms with Crippen molar-refractivity contribution >= 4 is 27.7 Å². The van der Waals surface area contributed by atoms with E-state index < -0.39 is 10.0 Å². The summed E-state index contributed by atoms with van der Waals surface area (Å²) in [7, 11) is -3.41. The number of rotatable bonds is 9. The monoisotopic (exact) mass is 434 g/mol. The Balaban J connectivity index is 1.38. The van der Waals surface area contributed by atoms with Crippen LogP contribution in [0.4, 0.5) is 0 Å². The number of nitrogens with zero attached hydrogens (tertiary/aromatic N) is 1. The normalized spacial score (nSPS) is 14.7. The Labute approximate surface area is 176 Å². The Kier molecular flexibility index (Phi) is 7.57. The van der Waals surface area contributed by atoms with Crippen molar-refractivity contribution in [1.82, 2.24) is 9.62 Å². The highest BCUT2D eigenvalue weighted by molar-refractivity contribution is 8.00. The van der Waals surface area contributed by atoms with Gasteiger partial charge >= 0.3 is 0 Å². The van der Waals surface area contributed by atoms with Gasteiger partial charge in [-0.05, 0) is 56.2 Å². The first-order valence-electron chi connectivity index (χ1n) is 9.64. The zero-order valence-electron chi connectivity index (χ0n) is 16.5. The summed E-state index contributed by atoms with van der Waals surface area (Å²) < 4.78 is 32.1. The van der Waals surface area contributed by atoms with E-state index in [0.29, 0.717) is 37.7 Å². The Morgan fingerprint density at radius 3 is 2.38 bits per heavy atom. The molecule has 29 heavy (non-hydrogen) atoms. The molecule has 1 aliphatic rings. The van der Waals surface area contributed by atoms with Crippen LogP contribution in [0.5, 0.6) is 5.75 Å². The van der Waals surface area contributed by atoms with E-state index in [1.54, 1.807) is 24.3 Å². The second kappa shape index (κ2) is 10.1. The minimum atomic E-state index is -3.41. The smallest absolute Gasteiger partial charge is 0.243 e. The third-order valence-corrected chi connectivity index (χ3v) is 7.54. The Morgan fingerprint density at radius 2 is 1.72 bits per heavy atom. The van der Waals surface area contributed by atoms with E-state index in [2.05, 4.69) is 5.32 Å². The molecule has 0 unspecified atom stereocenters. The maximum absolute atomic E-state index is 12.5. The molecule has 2 aromatic rings. The van der Waals surface area contributed by atoms with Gasteiger partial charge in [-0.3, -0.25) is 4.79 Å². The van der Waals surface area contributed by atoms with E-state index in [1.807, 2.05) is 31.2 Å². The summed E-state index contributed by atoms with van der Waals surface area (Å²) in [6.07, 6.45) is 1.82. The molecule has 2 aromatic carbocycles. The van der Waals surface area contributed by atoms with Gasteiger partial charge in [0.1, 0.15) is 12.4 Å². The highest BCUT2D eigenvalue weighted by atomic mass is 32.2. The number of carbonyl (C=O) groups excluding carboxylic acids is 1. The molecule has 0 aromatic heterocycles. The summed E-state index contributed by atoms with van der Waals surface area (Å²) in [5.74, 6) is 0.881. The fourth-order valence-electron chi connectivity index (χ4n) is 2.98. The van der Waals surface area contributed by atoms with E-state index in [1.165, 1.54) is 21.6 Å². The summed E-state index contributed by atoms with van der Waals surface area (Å²) in [5.41, 5.74) is 1.19. The summed E-state index contributed by atoms with van der Waals surface area (Å²) in [6, 6.07) is 14.5. The zero-order valence-corrected chi connectivity index (χ0v) is 18.1. The lowest BCUT2D eigenvalue weighted by Crippen LogP contribution is -2.29. The molecule has 156 valence electrons. The van der Waals surface area contributed by atoms with Crippen molar-refractivity contribution in [3.63, 3.8) is 0 Å². The first-order valence-corrected chi connectivity index (χ1v) is 12.1. The second-order valence-corrected chi connectivity index (χ2v) is 9.87. The minimum absolute atomic E-state index is 0.0498. The van der Waals surface area contributed by atoms with Gasteiger partial charge in [-0.1, -0.05) is 17.7 Å². The van der Waals surface area contributed by atoms with Crippen LogP contribution < -0.4 is 10.1 Å². The van der Waals surface area contributed by atoms with Gasteiger partial charge in [0.05, 0.1) is 17.2 Å². The van der Waals surface area contributed by atoms with Gasteiger partial charge in [-0.2, -0.15) is 4.31 Å². The van der Waals surface area contributed by atoms with E-state index in [0.717, 1.165) is 17.7 Å². The number of carbonyl (C=O) groups is 1. The third-order valence-electron chi connectivity index (χ3n) is 4.61. The van der Waals surface area contributed by atoms with Crippen LogP contribution >= 0.6 is 11.8 Å². The Hall–Kier alpha value is -2.03. The van der Waals surface area contributed by atoms with Crippen LogP contribution in [0.2, 0.25) is 0 Å². The standard InChI is InChI=1S/C21H26N2O4S2/c1-17-4-8-19(9-5-17)28-16-21(24)22-12-15-27-18-6-10-20(11-7-18)29(25,26)23-13-2-3-14-23/h4-11H,2-3,12-16H2,1H3,(H,22,24). The van der Waals surface area contributed by atoms with Crippen molar-refractivity contribution in [1.29, 1.82) is 0 Å². The summed E-state index contributed by atoms with van der Waals surface area (Å²) in [4.78, 5) is 13.3. The number of amides is 1. The molecule has 1 N–H and O–H groups in total. The van der Waals surface area contributed by atoms with Crippen LogP contribution in [0.25, 0.3) is 0 Å². The highest BCUT2D eigenvalue weighted by Gasteiger charge is 2.26. The fraction of sp³-hybridized carbons (Fsp3) is 0.381. The maximum Gasteiger partial charge on any atom is 0.243 e. The topological polar surface area (TPSA) is 75.7 Å². The molecule has 1 aliphatic heterocycles. The average Bonchev–Trinajstić information content (AvgIpc) is 3.27. The number of ether oxygens (including phenoxy) is 1. The highest BCUT2D eigenvalue weighted by Crippen LogP contribution is 2.23. The molecule has 1 heterocycles. The summed E-state index contributed by atoms with van der Waals surface area (Å²) in [5, 5.41) is 2.82. The molecule has 0 atom stereocenters. The molecule has 0 aliphatic carbocycles. The molecule has 0 saturated carbocycles. The van der Waals surface area contributed by atoms with Crippen LogP contribution in [0, 0.1) is 6.92 Å². The lowest BCUT2D eigenvalue weighted by atomic mass is 10.2. The predicted octanol–water partition coefficient (Wildman–Crippen LogP) is 3.07. The third kappa shape index (κ3) is 6.22. The van der Waals surface area contributed by atoms with Crippen molar-refractivity contribution in [3.8, 4) is 5.75 Å². The molecule has 1 amide bonds. The largest absolute Gasteiger partial charge is 0.492 e. The van der Waals surface area contributed by atoms with Crippen molar-refractivity contribution in [2.75, 3.05) is 32.0 Å². The number of aryl methyl sites for hydroxylation is 1. The number of hydrogen-bond donors (Lipinski definition) is 1. The number of sulfonamides is 1. The molecule has 1 fully saturated rings. The number of benzene rings is 2. The molecule has 0 radical (unpaired) electrons. The van der Waals surface area contributed by atoms with Crippen molar-refractivity contribution < 1.29 is 17.9 Å². The lowest BCUT2D eigenvalue weighted by Gasteiger charge is -2.15. The number of hydrogen-bond acceptors (Lipinski definition) is 5. The van der Waals surface area contributed by atoms with Crippen LogP contribution in [0.3, 0.4) is 0 Å². The summed E-state index contributed by atoms with van der Waals surface area (Å²) >= 11 is 1.49. The first-order chi connectivity index (χ1) is 13.9. The molecule has 0 spiro atoms. The van der Waals surface area contributed by atoms with E-state index in [4.69, 9.17) is 4.74 Å². The predicted molar refractivity (Wildman–Crippen MR) is 115 cm³/mol. The Bertz CT molecular complexity index is 907. The van der Waals surface area contributed by atoms with Gasteiger partial charge in [0.2, 0.25) is 15.9 Å². The maximum atomic E-state index is 12.5. The van der Waals surface area contributed by atoms with Crippen LogP contribution in [-0.2, 0) is 14.8 Å². The van der Waals surface area contributed by atoms with Crippen molar-refractivity contribution in [2.45, 2.75) is 29.6 Å². The van der Waals surface area contributed by atoms with Gasteiger partial charge in [0.25, 0.3) is 0 Å².